The van der Waals surface area contributed by atoms with Crippen LogP contribution in [-0.4, -0.2) is 28.2 Å². The lowest BCUT2D eigenvalue weighted by Gasteiger charge is -2.29. The number of hydrogen-bond acceptors (Lipinski definition) is 4. The number of fused-ring (bicyclic) bond motifs is 1. The predicted octanol–water partition coefficient (Wildman–Crippen LogP) is 5.39. The standard InChI is InChI=1S/C22H29ClO4/c1-14(2)7-5-8-15(3)9-6-10-22(4,26)19-12-17-20(25)16(13-24)11-18(23)21(17)27-19/h7,9,11,13,19,25-26H,5-6,8,10,12H2,1-4H3/b15-9+. The Kier molecular flexibility index (Phi) is 7.12. The Labute approximate surface area is 166 Å². The van der Waals surface area contributed by atoms with Gasteiger partial charge in [0.2, 0.25) is 0 Å². The molecule has 1 aliphatic heterocycles. The molecule has 0 spiro atoms. The second kappa shape index (κ2) is 8.94. The van der Waals surface area contributed by atoms with Crippen LogP contribution in [0.5, 0.6) is 11.5 Å². The Morgan fingerprint density at radius 3 is 2.67 bits per heavy atom. The summed E-state index contributed by atoms with van der Waals surface area (Å²) in [5.74, 6) is 0.246. The largest absolute Gasteiger partial charge is 0.507 e. The zero-order valence-corrected chi connectivity index (χ0v) is 17.3. The molecule has 2 rings (SSSR count). The van der Waals surface area contributed by atoms with Crippen molar-refractivity contribution in [1.82, 2.24) is 0 Å². The van der Waals surface area contributed by atoms with Crippen LogP contribution in [0.25, 0.3) is 0 Å². The van der Waals surface area contributed by atoms with E-state index in [9.17, 15) is 15.0 Å². The second-order valence-electron chi connectivity index (χ2n) is 7.80. The third kappa shape index (κ3) is 5.36. The van der Waals surface area contributed by atoms with Crippen LogP contribution in [0.15, 0.2) is 29.4 Å². The molecule has 1 aromatic rings. The number of carbonyl (C=O) groups is 1. The van der Waals surface area contributed by atoms with Gasteiger partial charge in [0.05, 0.1) is 16.2 Å². The maximum Gasteiger partial charge on any atom is 0.153 e. The molecule has 0 aliphatic carbocycles. The van der Waals surface area contributed by atoms with Gasteiger partial charge in [0, 0.05) is 12.0 Å². The number of allylic oxidation sites excluding steroid dienone is 4. The van der Waals surface area contributed by atoms with Gasteiger partial charge in [0.15, 0.2) is 6.29 Å². The average Bonchev–Trinajstić information content (AvgIpc) is 3.04. The first-order chi connectivity index (χ1) is 12.7. The van der Waals surface area contributed by atoms with Gasteiger partial charge in [-0.15, -0.1) is 0 Å². The van der Waals surface area contributed by atoms with E-state index >= 15 is 0 Å². The van der Waals surface area contributed by atoms with Crippen LogP contribution in [0.2, 0.25) is 5.02 Å². The number of phenols is 1. The summed E-state index contributed by atoms with van der Waals surface area (Å²) < 4.78 is 5.85. The van der Waals surface area contributed by atoms with Crippen molar-refractivity contribution in [3.05, 3.63) is 45.5 Å². The minimum atomic E-state index is -1.08. The molecule has 0 amide bonds. The number of aliphatic hydroxyl groups is 1. The van der Waals surface area contributed by atoms with Crippen molar-refractivity contribution in [1.29, 1.82) is 0 Å². The topological polar surface area (TPSA) is 66.8 Å². The SMILES string of the molecule is CC(C)=CCC/C(C)=C/CCC(C)(O)C1Cc2c(O)c(C=O)cc(Cl)c2O1. The molecule has 2 unspecified atom stereocenters. The van der Waals surface area contributed by atoms with Crippen molar-refractivity contribution in [2.45, 2.75) is 71.5 Å². The fourth-order valence-electron chi connectivity index (χ4n) is 3.28. The smallest absolute Gasteiger partial charge is 0.153 e. The molecule has 0 saturated carbocycles. The van der Waals surface area contributed by atoms with Crippen LogP contribution in [0.1, 0.15) is 69.3 Å². The fourth-order valence-corrected chi connectivity index (χ4v) is 3.56. The van der Waals surface area contributed by atoms with E-state index in [2.05, 4.69) is 32.9 Å². The fraction of sp³-hybridized carbons (Fsp3) is 0.500. The number of hydrogen-bond donors (Lipinski definition) is 2. The molecule has 148 valence electrons. The Balaban J connectivity index is 2.00. The quantitative estimate of drug-likeness (QED) is 0.460. The Morgan fingerprint density at radius 1 is 1.33 bits per heavy atom. The van der Waals surface area contributed by atoms with E-state index in [1.54, 1.807) is 6.92 Å². The molecule has 0 saturated heterocycles. The van der Waals surface area contributed by atoms with Crippen molar-refractivity contribution in [3.63, 3.8) is 0 Å². The average molecular weight is 393 g/mol. The zero-order chi connectivity index (χ0) is 20.2. The van der Waals surface area contributed by atoms with Gasteiger partial charge in [-0.25, -0.2) is 0 Å². The highest BCUT2D eigenvalue weighted by Crippen LogP contribution is 2.45. The van der Waals surface area contributed by atoms with Gasteiger partial charge in [-0.3, -0.25) is 4.79 Å². The number of ether oxygens (including phenoxy) is 1. The van der Waals surface area contributed by atoms with Crippen LogP contribution in [-0.2, 0) is 6.42 Å². The number of halogens is 1. The first kappa shape index (κ1) is 21.5. The van der Waals surface area contributed by atoms with Gasteiger partial charge in [-0.2, -0.15) is 0 Å². The molecule has 27 heavy (non-hydrogen) atoms. The first-order valence-corrected chi connectivity index (χ1v) is 9.71. The lowest BCUT2D eigenvalue weighted by Crippen LogP contribution is -2.42. The van der Waals surface area contributed by atoms with Gasteiger partial charge >= 0.3 is 0 Å². The van der Waals surface area contributed by atoms with Crippen LogP contribution in [0, 0.1) is 0 Å². The molecule has 1 aromatic carbocycles. The molecule has 5 heteroatoms. The number of aldehydes is 1. The third-order valence-corrected chi connectivity index (χ3v) is 5.32. The van der Waals surface area contributed by atoms with E-state index in [1.165, 1.54) is 17.2 Å². The molecule has 4 nitrogen and oxygen atoms in total. The highest BCUT2D eigenvalue weighted by atomic mass is 35.5. The number of aromatic hydroxyl groups is 1. The number of rotatable bonds is 8. The van der Waals surface area contributed by atoms with Gasteiger partial charge < -0.3 is 14.9 Å². The predicted molar refractivity (Wildman–Crippen MR) is 109 cm³/mol. The van der Waals surface area contributed by atoms with E-state index in [-0.39, 0.29) is 16.3 Å². The summed E-state index contributed by atoms with van der Waals surface area (Å²) in [5.41, 5.74) is 2.17. The van der Waals surface area contributed by atoms with E-state index in [0.29, 0.717) is 30.4 Å². The molecule has 0 radical (unpaired) electrons. The maximum absolute atomic E-state index is 11.1. The molecule has 0 fully saturated rings. The highest BCUT2D eigenvalue weighted by molar-refractivity contribution is 6.32. The molecular formula is C22H29ClO4. The van der Waals surface area contributed by atoms with Crippen LogP contribution < -0.4 is 4.74 Å². The molecule has 1 heterocycles. The second-order valence-corrected chi connectivity index (χ2v) is 8.21. The summed E-state index contributed by atoms with van der Waals surface area (Å²) in [6.45, 7) is 8.03. The molecule has 0 aromatic heterocycles. The highest BCUT2D eigenvalue weighted by Gasteiger charge is 2.40. The summed E-state index contributed by atoms with van der Waals surface area (Å²) in [4.78, 5) is 11.1. The lowest BCUT2D eigenvalue weighted by molar-refractivity contribution is -0.0433. The Hall–Kier alpha value is -1.78. The van der Waals surface area contributed by atoms with Gasteiger partial charge in [-0.05, 0) is 59.4 Å². The van der Waals surface area contributed by atoms with Crippen molar-refractivity contribution >= 4 is 17.9 Å². The van der Waals surface area contributed by atoms with Crippen molar-refractivity contribution in [2.24, 2.45) is 0 Å². The van der Waals surface area contributed by atoms with Gasteiger partial charge in [0.1, 0.15) is 17.6 Å². The summed E-state index contributed by atoms with van der Waals surface area (Å²) in [6, 6.07) is 1.39. The minimum absolute atomic E-state index is 0.113. The van der Waals surface area contributed by atoms with E-state index < -0.39 is 11.7 Å². The molecule has 2 N–H and O–H groups in total. The Bertz CT molecular complexity index is 758. The monoisotopic (exact) mass is 392 g/mol. The van der Waals surface area contributed by atoms with Crippen molar-refractivity contribution in [3.8, 4) is 11.5 Å². The van der Waals surface area contributed by atoms with Crippen molar-refractivity contribution in [2.75, 3.05) is 0 Å². The van der Waals surface area contributed by atoms with E-state index in [1.807, 2.05) is 0 Å². The first-order valence-electron chi connectivity index (χ1n) is 9.33. The summed E-state index contributed by atoms with van der Waals surface area (Å²) in [6.07, 6.45) is 8.06. The van der Waals surface area contributed by atoms with E-state index in [0.717, 1.165) is 19.3 Å². The van der Waals surface area contributed by atoms with Crippen LogP contribution in [0.3, 0.4) is 0 Å². The molecular weight excluding hydrogens is 364 g/mol. The van der Waals surface area contributed by atoms with Crippen LogP contribution >= 0.6 is 11.6 Å². The summed E-state index contributed by atoms with van der Waals surface area (Å²) in [7, 11) is 0. The van der Waals surface area contributed by atoms with Crippen LogP contribution in [0.4, 0.5) is 0 Å². The summed E-state index contributed by atoms with van der Waals surface area (Å²) in [5, 5.41) is 21.4. The number of carbonyl (C=O) groups excluding carboxylic acids is 1. The maximum atomic E-state index is 11.1. The van der Waals surface area contributed by atoms with Gasteiger partial charge in [0.25, 0.3) is 0 Å². The van der Waals surface area contributed by atoms with Crippen molar-refractivity contribution < 1.29 is 19.7 Å². The van der Waals surface area contributed by atoms with E-state index in [4.69, 9.17) is 16.3 Å². The minimum Gasteiger partial charge on any atom is -0.507 e. The molecule has 1 aliphatic rings. The normalized spacial score (nSPS) is 18.4. The lowest BCUT2D eigenvalue weighted by atomic mass is 9.89. The third-order valence-electron chi connectivity index (χ3n) is 5.04. The molecule has 2 atom stereocenters. The molecule has 0 bridgehead atoms. The summed E-state index contributed by atoms with van der Waals surface area (Å²) >= 11 is 6.17. The zero-order valence-electron chi connectivity index (χ0n) is 16.5. The Morgan fingerprint density at radius 2 is 2.04 bits per heavy atom. The van der Waals surface area contributed by atoms with Gasteiger partial charge in [-0.1, -0.05) is 34.9 Å². The number of benzene rings is 1. The number of phenolic OH excluding ortho intramolecular Hbond substituents is 1.